The van der Waals surface area contributed by atoms with Gasteiger partial charge in [-0.05, 0) is 61.9 Å². The third-order valence-corrected chi connectivity index (χ3v) is 5.92. The first-order valence-corrected chi connectivity index (χ1v) is 9.59. The van der Waals surface area contributed by atoms with Crippen molar-refractivity contribution in [3.8, 4) is 11.4 Å². The molecule has 5 rings (SSSR count). The van der Waals surface area contributed by atoms with Gasteiger partial charge in [0.2, 0.25) is 0 Å². The SMILES string of the molecule is Cc1ccc(NC(=O)N2C3CC(C)CC2C3)cc1-c1ncc2cccn2n1. The van der Waals surface area contributed by atoms with E-state index in [9.17, 15) is 4.79 Å². The Balaban J connectivity index is 1.39. The van der Waals surface area contributed by atoms with E-state index in [1.807, 2.05) is 59.1 Å². The Kier molecular flexibility index (Phi) is 3.67. The molecule has 6 nitrogen and oxygen atoms in total. The van der Waals surface area contributed by atoms with E-state index in [0.29, 0.717) is 17.9 Å². The molecule has 1 N–H and O–H groups in total. The maximum atomic E-state index is 12.8. The number of rotatable bonds is 2. The van der Waals surface area contributed by atoms with E-state index in [0.717, 1.165) is 47.5 Å². The predicted octanol–water partition coefficient (Wildman–Crippen LogP) is 4.11. The molecule has 4 heterocycles. The highest BCUT2D eigenvalue weighted by Gasteiger charge is 2.46. The van der Waals surface area contributed by atoms with Crippen molar-refractivity contribution in [2.24, 2.45) is 5.92 Å². The van der Waals surface area contributed by atoms with Crippen molar-refractivity contribution in [3.05, 3.63) is 48.3 Å². The lowest BCUT2D eigenvalue weighted by Crippen LogP contribution is -2.63. The van der Waals surface area contributed by atoms with Gasteiger partial charge in [0.1, 0.15) is 0 Å². The molecule has 2 aliphatic heterocycles. The summed E-state index contributed by atoms with van der Waals surface area (Å²) in [6.07, 6.45) is 7.11. The number of carbonyl (C=O) groups is 1. The molecule has 2 fully saturated rings. The zero-order valence-electron chi connectivity index (χ0n) is 15.6. The maximum Gasteiger partial charge on any atom is 0.322 e. The number of hydrogen-bond donors (Lipinski definition) is 1. The fraction of sp³-hybridized carbons (Fsp3) is 0.381. The summed E-state index contributed by atoms with van der Waals surface area (Å²) in [5.41, 5.74) is 3.75. The second kappa shape index (κ2) is 6.08. The number of carbonyl (C=O) groups excluding carboxylic acids is 1. The van der Waals surface area contributed by atoms with Crippen LogP contribution in [0.1, 0.15) is 31.7 Å². The summed E-state index contributed by atoms with van der Waals surface area (Å²) in [7, 11) is 0. The van der Waals surface area contributed by atoms with Gasteiger partial charge in [-0.1, -0.05) is 13.0 Å². The van der Waals surface area contributed by atoms with Gasteiger partial charge in [-0.2, -0.15) is 0 Å². The third kappa shape index (κ3) is 2.76. The largest absolute Gasteiger partial charge is 0.322 e. The van der Waals surface area contributed by atoms with Gasteiger partial charge in [0, 0.05) is 29.5 Å². The van der Waals surface area contributed by atoms with Crippen molar-refractivity contribution in [3.63, 3.8) is 0 Å². The number of aryl methyl sites for hydroxylation is 1. The number of nitrogens with zero attached hydrogens (tertiary/aromatic N) is 4. The summed E-state index contributed by atoms with van der Waals surface area (Å²) < 4.78 is 1.81. The van der Waals surface area contributed by atoms with Crippen LogP contribution in [0, 0.1) is 12.8 Å². The van der Waals surface area contributed by atoms with E-state index in [-0.39, 0.29) is 6.03 Å². The van der Waals surface area contributed by atoms with Crippen LogP contribution in [0.5, 0.6) is 0 Å². The number of amides is 2. The predicted molar refractivity (Wildman–Crippen MR) is 105 cm³/mol. The smallest absolute Gasteiger partial charge is 0.318 e. The molecule has 6 heteroatoms. The molecule has 0 aliphatic carbocycles. The number of piperidine rings is 1. The van der Waals surface area contributed by atoms with Gasteiger partial charge in [-0.3, -0.25) is 0 Å². The highest BCUT2D eigenvalue weighted by molar-refractivity contribution is 5.91. The molecule has 2 aliphatic rings. The first-order valence-electron chi connectivity index (χ1n) is 9.59. The molecule has 2 saturated heterocycles. The van der Waals surface area contributed by atoms with E-state index >= 15 is 0 Å². The molecule has 138 valence electrons. The molecule has 0 saturated carbocycles. The Morgan fingerprint density at radius 2 is 2.00 bits per heavy atom. The Labute approximate surface area is 158 Å². The molecule has 3 aromatic rings. The van der Waals surface area contributed by atoms with Crippen molar-refractivity contribution in [1.82, 2.24) is 19.5 Å². The van der Waals surface area contributed by atoms with Gasteiger partial charge < -0.3 is 10.2 Å². The summed E-state index contributed by atoms with van der Waals surface area (Å²) in [6.45, 7) is 4.31. The van der Waals surface area contributed by atoms with E-state index in [1.54, 1.807) is 0 Å². The van der Waals surface area contributed by atoms with Crippen LogP contribution in [0.3, 0.4) is 0 Å². The standard InChI is InChI=1S/C21H23N5O/c1-13-8-17-11-18(9-13)26(17)21(27)23-15-6-5-14(2)19(10-15)20-22-12-16-4-3-7-25(16)24-20/h3-7,10,12-13,17-18H,8-9,11H2,1-2H3,(H,23,27). The topological polar surface area (TPSA) is 62.5 Å². The third-order valence-electron chi connectivity index (χ3n) is 5.92. The second-order valence-corrected chi connectivity index (χ2v) is 7.95. The minimum Gasteiger partial charge on any atom is -0.318 e. The van der Waals surface area contributed by atoms with Crippen molar-refractivity contribution >= 4 is 17.2 Å². The fourth-order valence-electron chi connectivity index (χ4n) is 4.56. The van der Waals surface area contributed by atoms with Gasteiger partial charge in [0.25, 0.3) is 0 Å². The van der Waals surface area contributed by atoms with Gasteiger partial charge in [-0.25, -0.2) is 14.3 Å². The van der Waals surface area contributed by atoms with Crippen LogP contribution >= 0.6 is 0 Å². The van der Waals surface area contributed by atoms with E-state index in [4.69, 9.17) is 0 Å². The van der Waals surface area contributed by atoms with Gasteiger partial charge in [0.05, 0.1) is 11.7 Å². The molecular weight excluding hydrogens is 338 g/mol. The minimum atomic E-state index is 0.0136. The number of anilines is 1. The van der Waals surface area contributed by atoms with Crippen LogP contribution in [0.25, 0.3) is 16.9 Å². The Bertz CT molecular complexity index is 1010. The maximum absolute atomic E-state index is 12.8. The highest BCUT2D eigenvalue weighted by atomic mass is 16.2. The lowest BCUT2D eigenvalue weighted by Gasteiger charge is -2.54. The van der Waals surface area contributed by atoms with Gasteiger partial charge in [-0.15, -0.1) is 5.10 Å². The number of benzene rings is 1. The van der Waals surface area contributed by atoms with Crippen LogP contribution in [-0.2, 0) is 0 Å². The van der Waals surface area contributed by atoms with E-state index in [2.05, 4.69) is 22.3 Å². The first-order chi connectivity index (χ1) is 13.1. The molecule has 2 amide bonds. The van der Waals surface area contributed by atoms with Crippen LogP contribution < -0.4 is 5.32 Å². The van der Waals surface area contributed by atoms with Crippen molar-refractivity contribution in [2.75, 3.05) is 5.32 Å². The average molecular weight is 361 g/mol. The summed E-state index contributed by atoms with van der Waals surface area (Å²) in [5.74, 6) is 1.38. The summed E-state index contributed by atoms with van der Waals surface area (Å²) >= 11 is 0. The number of fused-ring (bicyclic) bond motifs is 3. The minimum absolute atomic E-state index is 0.0136. The molecule has 0 spiro atoms. The lowest BCUT2D eigenvalue weighted by molar-refractivity contribution is -0.00600. The van der Waals surface area contributed by atoms with Crippen LogP contribution in [0.4, 0.5) is 10.5 Å². The normalized spacial score (nSPS) is 23.9. The number of urea groups is 1. The summed E-state index contributed by atoms with van der Waals surface area (Å²) in [6, 6.07) is 10.7. The quantitative estimate of drug-likeness (QED) is 0.747. The van der Waals surface area contributed by atoms with E-state index < -0.39 is 0 Å². The van der Waals surface area contributed by atoms with Crippen molar-refractivity contribution in [1.29, 1.82) is 0 Å². The van der Waals surface area contributed by atoms with Crippen LogP contribution in [0.2, 0.25) is 0 Å². The molecule has 2 atom stereocenters. The van der Waals surface area contributed by atoms with Gasteiger partial charge >= 0.3 is 6.03 Å². The number of nitrogens with one attached hydrogen (secondary N) is 1. The Morgan fingerprint density at radius 1 is 1.19 bits per heavy atom. The van der Waals surface area contributed by atoms with Crippen LogP contribution in [-0.4, -0.2) is 37.6 Å². The molecule has 2 unspecified atom stereocenters. The fourth-order valence-corrected chi connectivity index (χ4v) is 4.56. The van der Waals surface area contributed by atoms with Crippen molar-refractivity contribution in [2.45, 2.75) is 45.2 Å². The molecule has 2 aromatic heterocycles. The highest BCUT2D eigenvalue weighted by Crippen LogP contribution is 2.41. The zero-order chi connectivity index (χ0) is 18.5. The summed E-state index contributed by atoms with van der Waals surface area (Å²) in [5, 5.41) is 7.67. The number of hydrogen-bond acceptors (Lipinski definition) is 3. The molecule has 0 radical (unpaired) electrons. The molecule has 27 heavy (non-hydrogen) atoms. The summed E-state index contributed by atoms with van der Waals surface area (Å²) in [4.78, 5) is 19.3. The molecule has 2 bridgehead atoms. The van der Waals surface area contributed by atoms with Crippen molar-refractivity contribution < 1.29 is 4.79 Å². The lowest BCUT2D eigenvalue weighted by atomic mass is 9.74. The Hall–Kier alpha value is -2.89. The monoisotopic (exact) mass is 361 g/mol. The first kappa shape index (κ1) is 16.3. The average Bonchev–Trinajstić information content (AvgIpc) is 3.10. The van der Waals surface area contributed by atoms with E-state index in [1.165, 1.54) is 0 Å². The van der Waals surface area contributed by atoms with Crippen LogP contribution in [0.15, 0.2) is 42.7 Å². The molecular formula is C21H23N5O. The molecule has 1 aromatic carbocycles. The second-order valence-electron chi connectivity index (χ2n) is 7.95. The Morgan fingerprint density at radius 3 is 2.81 bits per heavy atom. The number of aromatic nitrogens is 3. The zero-order valence-corrected chi connectivity index (χ0v) is 15.6. The van der Waals surface area contributed by atoms with Gasteiger partial charge in [0.15, 0.2) is 5.82 Å².